The number of esters is 1. The van der Waals surface area contributed by atoms with Crippen molar-refractivity contribution in [2.24, 2.45) is 0 Å². The maximum absolute atomic E-state index is 11.2. The second-order valence-electron chi connectivity index (χ2n) is 4.67. The Morgan fingerprint density at radius 1 is 1.00 bits per heavy atom. The third-order valence-electron chi connectivity index (χ3n) is 2.79. The van der Waals surface area contributed by atoms with Crippen LogP contribution in [0.2, 0.25) is 0 Å². The Morgan fingerprint density at radius 3 is 2.37 bits per heavy atom. The third kappa shape index (κ3) is 14.6. The molecular weight excluding hydrogens is 244 g/mol. The fourth-order valence-electron chi connectivity index (χ4n) is 1.66. The molecule has 0 radical (unpaired) electrons. The number of unbranched alkanes of at least 4 members (excludes halogenated alkanes) is 6. The van der Waals surface area contributed by atoms with Gasteiger partial charge in [0, 0.05) is 12.8 Å². The van der Waals surface area contributed by atoms with Gasteiger partial charge in [-0.15, -0.1) is 0 Å². The van der Waals surface area contributed by atoms with Gasteiger partial charge in [-0.3, -0.25) is 9.59 Å². The normalized spacial score (nSPS) is 10.8. The quantitative estimate of drug-likeness (QED) is 0.330. The van der Waals surface area contributed by atoms with Crippen molar-refractivity contribution in [1.82, 2.24) is 0 Å². The summed E-state index contributed by atoms with van der Waals surface area (Å²) >= 11 is 0. The molecule has 0 aliphatic heterocycles. The molecule has 0 aliphatic rings. The van der Waals surface area contributed by atoms with Crippen molar-refractivity contribution in [3.8, 4) is 0 Å². The lowest BCUT2D eigenvalue weighted by Gasteiger charge is -1.99. The third-order valence-corrected chi connectivity index (χ3v) is 2.79. The van der Waals surface area contributed by atoms with E-state index in [1.54, 1.807) is 0 Å². The number of aliphatic carboxylic acids is 1. The van der Waals surface area contributed by atoms with Gasteiger partial charge in [0.15, 0.2) is 0 Å². The van der Waals surface area contributed by atoms with E-state index < -0.39 is 5.97 Å². The molecule has 0 aliphatic carbocycles. The SMILES string of the molecule is CCCCCCCC=COC(=O)CCCCC(=O)O. The monoisotopic (exact) mass is 270 g/mol. The molecule has 0 bridgehead atoms. The zero-order valence-corrected chi connectivity index (χ0v) is 11.9. The highest BCUT2D eigenvalue weighted by atomic mass is 16.5. The number of allylic oxidation sites excluding steroid dienone is 1. The highest BCUT2D eigenvalue weighted by Crippen LogP contribution is 2.06. The highest BCUT2D eigenvalue weighted by Gasteiger charge is 2.02. The zero-order valence-electron chi connectivity index (χ0n) is 11.9. The van der Waals surface area contributed by atoms with Crippen LogP contribution in [0.25, 0.3) is 0 Å². The predicted octanol–water partition coefficient (Wildman–Crippen LogP) is 4.05. The van der Waals surface area contributed by atoms with Gasteiger partial charge in [0.1, 0.15) is 0 Å². The minimum absolute atomic E-state index is 0.112. The van der Waals surface area contributed by atoms with Crippen LogP contribution in [0, 0.1) is 0 Å². The van der Waals surface area contributed by atoms with Gasteiger partial charge in [-0.2, -0.15) is 0 Å². The van der Waals surface area contributed by atoms with Gasteiger partial charge < -0.3 is 9.84 Å². The summed E-state index contributed by atoms with van der Waals surface area (Å²) in [5, 5.41) is 8.43. The van der Waals surface area contributed by atoms with Gasteiger partial charge in [0.25, 0.3) is 0 Å². The first kappa shape index (κ1) is 17.7. The molecule has 0 amide bonds. The number of hydrogen-bond acceptors (Lipinski definition) is 3. The number of hydrogen-bond donors (Lipinski definition) is 1. The van der Waals surface area contributed by atoms with Crippen LogP contribution in [0.15, 0.2) is 12.3 Å². The number of carboxylic acid groups (broad SMARTS) is 1. The highest BCUT2D eigenvalue weighted by molar-refractivity contribution is 5.70. The minimum atomic E-state index is -0.823. The molecule has 0 saturated heterocycles. The molecule has 0 rings (SSSR count). The number of ether oxygens (including phenoxy) is 1. The summed E-state index contributed by atoms with van der Waals surface area (Å²) in [4.78, 5) is 21.5. The first-order chi connectivity index (χ1) is 9.16. The van der Waals surface area contributed by atoms with Gasteiger partial charge in [-0.05, 0) is 31.8 Å². The number of carboxylic acids is 1. The summed E-state index contributed by atoms with van der Waals surface area (Å²) in [5.74, 6) is -1.11. The maximum atomic E-state index is 11.2. The Labute approximate surface area is 115 Å². The van der Waals surface area contributed by atoms with E-state index in [9.17, 15) is 9.59 Å². The van der Waals surface area contributed by atoms with E-state index in [0.29, 0.717) is 12.8 Å². The van der Waals surface area contributed by atoms with Crippen LogP contribution in [0.1, 0.15) is 71.1 Å². The summed E-state index contributed by atoms with van der Waals surface area (Å²) in [6.45, 7) is 2.19. The number of rotatable bonds is 12. The summed E-state index contributed by atoms with van der Waals surface area (Å²) in [7, 11) is 0. The first-order valence-corrected chi connectivity index (χ1v) is 7.23. The van der Waals surface area contributed by atoms with Crippen molar-refractivity contribution >= 4 is 11.9 Å². The molecule has 19 heavy (non-hydrogen) atoms. The van der Waals surface area contributed by atoms with Crippen LogP contribution < -0.4 is 0 Å². The van der Waals surface area contributed by atoms with Crippen LogP contribution in [0.3, 0.4) is 0 Å². The molecule has 4 heteroatoms. The van der Waals surface area contributed by atoms with Crippen molar-refractivity contribution in [1.29, 1.82) is 0 Å². The van der Waals surface area contributed by atoms with Gasteiger partial charge >= 0.3 is 11.9 Å². The Hall–Kier alpha value is -1.32. The standard InChI is InChI=1S/C15H26O4/c1-2-3-4-5-6-7-10-13-19-15(18)12-9-8-11-14(16)17/h10,13H,2-9,11-12H2,1H3,(H,16,17). The lowest BCUT2D eigenvalue weighted by molar-refractivity contribution is -0.139. The fourth-order valence-corrected chi connectivity index (χ4v) is 1.66. The molecule has 0 saturated carbocycles. The second kappa shape index (κ2) is 13.1. The molecule has 110 valence electrons. The van der Waals surface area contributed by atoms with Crippen molar-refractivity contribution in [3.05, 3.63) is 12.3 Å². The summed E-state index contributed by atoms with van der Waals surface area (Å²) in [5.41, 5.74) is 0. The predicted molar refractivity (Wildman–Crippen MR) is 74.7 cm³/mol. The topological polar surface area (TPSA) is 63.6 Å². The van der Waals surface area contributed by atoms with E-state index in [4.69, 9.17) is 9.84 Å². The summed E-state index contributed by atoms with van der Waals surface area (Å²) in [6, 6.07) is 0. The van der Waals surface area contributed by atoms with Gasteiger partial charge in [-0.1, -0.05) is 32.6 Å². The lowest BCUT2D eigenvalue weighted by atomic mass is 10.1. The molecule has 0 atom stereocenters. The van der Waals surface area contributed by atoms with Crippen molar-refractivity contribution < 1.29 is 19.4 Å². The minimum Gasteiger partial charge on any atom is -0.481 e. The molecule has 1 N–H and O–H groups in total. The molecule has 0 heterocycles. The van der Waals surface area contributed by atoms with E-state index in [2.05, 4.69) is 6.92 Å². The Balaban J connectivity index is 3.33. The molecule has 4 nitrogen and oxygen atoms in total. The molecule has 0 aromatic heterocycles. The molecular formula is C15H26O4. The summed E-state index contributed by atoms with van der Waals surface area (Å²) in [6.07, 6.45) is 11.9. The largest absolute Gasteiger partial charge is 0.481 e. The number of carbonyl (C=O) groups excluding carboxylic acids is 1. The zero-order chi connectivity index (χ0) is 14.3. The maximum Gasteiger partial charge on any atom is 0.310 e. The average Bonchev–Trinajstić information content (AvgIpc) is 2.37. The fraction of sp³-hybridized carbons (Fsp3) is 0.733. The van der Waals surface area contributed by atoms with Crippen LogP contribution >= 0.6 is 0 Å². The Kier molecular flexibility index (Phi) is 12.2. The van der Waals surface area contributed by atoms with E-state index in [1.807, 2.05) is 6.08 Å². The summed E-state index contributed by atoms with van der Waals surface area (Å²) < 4.78 is 4.91. The van der Waals surface area contributed by atoms with E-state index in [-0.39, 0.29) is 18.8 Å². The Bertz CT molecular complexity index is 271. The van der Waals surface area contributed by atoms with Crippen LogP contribution in [0.4, 0.5) is 0 Å². The van der Waals surface area contributed by atoms with Crippen molar-refractivity contribution in [3.63, 3.8) is 0 Å². The lowest BCUT2D eigenvalue weighted by Crippen LogP contribution is -2.00. The van der Waals surface area contributed by atoms with Gasteiger partial charge in [0.05, 0.1) is 6.26 Å². The molecule has 0 aromatic carbocycles. The number of carbonyl (C=O) groups is 2. The van der Waals surface area contributed by atoms with E-state index in [0.717, 1.165) is 12.8 Å². The van der Waals surface area contributed by atoms with Crippen molar-refractivity contribution in [2.75, 3.05) is 0 Å². The first-order valence-electron chi connectivity index (χ1n) is 7.23. The van der Waals surface area contributed by atoms with Crippen LogP contribution in [-0.4, -0.2) is 17.0 Å². The van der Waals surface area contributed by atoms with Crippen LogP contribution in [-0.2, 0) is 14.3 Å². The molecule has 0 fully saturated rings. The van der Waals surface area contributed by atoms with Gasteiger partial charge in [0.2, 0.25) is 0 Å². The van der Waals surface area contributed by atoms with Crippen molar-refractivity contribution in [2.45, 2.75) is 71.1 Å². The van der Waals surface area contributed by atoms with Crippen LogP contribution in [0.5, 0.6) is 0 Å². The smallest absolute Gasteiger partial charge is 0.310 e. The molecule has 0 spiro atoms. The molecule has 0 aromatic rings. The van der Waals surface area contributed by atoms with Gasteiger partial charge in [-0.25, -0.2) is 0 Å². The second-order valence-corrected chi connectivity index (χ2v) is 4.67. The average molecular weight is 270 g/mol. The molecule has 0 unspecified atom stereocenters. The van der Waals surface area contributed by atoms with E-state index in [1.165, 1.54) is 31.9 Å². The Morgan fingerprint density at radius 2 is 1.68 bits per heavy atom. The van der Waals surface area contributed by atoms with E-state index >= 15 is 0 Å².